The third kappa shape index (κ3) is 4.63. The van der Waals surface area contributed by atoms with Crippen LogP contribution in [0.15, 0.2) is 18.2 Å². The molecule has 5 nitrogen and oxygen atoms in total. The van der Waals surface area contributed by atoms with Crippen LogP contribution in [0.25, 0.3) is 10.6 Å². The summed E-state index contributed by atoms with van der Waals surface area (Å²) in [6, 6.07) is 2.94. The lowest BCUT2D eigenvalue weighted by Crippen LogP contribution is -2.13. The van der Waals surface area contributed by atoms with E-state index in [9.17, 15) is 13.2 Å². The van der Waals surface area contributed by atoms with E-state index < -0.39 is 17.8 Å². The Morgan fingerprint density at radius 1 is 1.30 bits per heavy atom. The third-order valence-electron chi connectivity index (χ3n) is 2.71. The summed E-state index contributed by atoms with van der Waals surface area (Å²) in [7, 11) is 1.17. The van der Waals surface area contributed by atoms with Gasteiger partial charge in [0.15, 0.2) is 0 Å². The lowest BCUT2D eigenvalue weighted by atomic mass is 10.1. The number of benzene rings is 1. The van der Waals surface area contributed by atoms with E-state index in [1.807, 2.05) is 13.8 Å². The number of halogens is 3. The van der Waals surface area contributed by atoms with Crippen molar-refractivity contribution >= 4 is 11.3 Å². The van der Waals surface area contributed by atoms with Crippen LogP contribution in [0.2, 0.25) is 0 Å². The van der Waals surface area contributed by atoms with Crippen LogP contribution in [0, 0.1) is 0 Å². The average molecular weight is 349 g/mol. The molecule has 1 aromatic carbocycles. The summed E-state index contributed by atoms with van der Waals surface area (Å²) in [5.74, 6) is -0.261. The Hall–Kier alpha value is -1.71. The van der Waals surface area contributed by atoms with E-state index in [-0.39, 0.29) is 17.9 Å². The van der Waals surface area contributed by atoms with Gasteiger partial charge in [-0.15, -0.1) is 10.2 Å². The average Bonchev–Trinajstić information content (AvgIpc) is 3.04. The van der Waals surface area contributed by atoms with Gasteiger partial charge in [-0.1, -0.05) is 25.2 Å². The number of rotatable bonds is 4. The number of alkyl halides is 3. The van der Waals surface area contributed by atoms with Gasteiger partial charge in [-0.2, -0.15) is 13.2 Å². The Balaban J connectivity index is 0.00000127. The number of aliphatic hydroxyl groups is 1. The molecule has 0 saturated heterocycles. The molecule has 2 rings (SSSR count). The van der Waals surface area contributed by atoms with Crippen LogP contribution in [0.4, 0.5) is 13.2 Å². The Bertz CT molecular complexity index is 632. The van der Waals surface area contributed by atoms with E-state index in [2.05, 4.69) is 10.2 Å². The van der Waals surface area contributed by atoms with Gasteiger partial charge in [-0.05, 0) is 18.2 Å². The van der Waals surface area contributed by atoms with Crippen LogP contribution in [-0.4, -0.2) is 29.0 Å². The summed E-state index contributed by atoms with van der Waals surface area (Å²) in [5.41, 5.74) is 4.97. The molecule has 1 aromatic heterocycles. The van der Waals surface area contributed by atoms with Gasteiger partial charge in [0.05, 0.1) is 25.3 Å². The first-order chi connectivity index (χ1) is 10.9. The quantitative estimate of drug-likeness (QED) is 0.885. The summed E-state index contributed by atoms with van der Waals surface area (Å²) in [5, 5.41) is 17.2. The lowest BCUT2D eigenvalue weighted by molar-refractivity contribution is -0.138. The molecular formula is C14H18F3N3O2S. The number of nitrogens with zero attached hydrogens (tertiary/aromatic N) is 2. The van der Waals surface area contributed by atoms with E-state index in [1.54, 1.807) is 0 Å². The van der Waals surface area contributed by atoms with E-state index in [0.29, 0.717) is 10.0 Å². The zero-order valence-electron chi connectivity index (χ0n) is 12.9. The van der Waals surface area contributed by atoms with Crippen LogP contribution in [0.1, 0.15) is 30.5 Å². The first kappa shape index (κ1) is 19.3. The predicted molar refractivity (Wildman–Crippen MR) is 82.3 cm³/mol. The number of aliphatic hydroxyl groups excluding tert-OH is 1. The van der Waals surface area contributed by atoms with Gasteiger partial charge >= 0.3 is 6.18 Å². The number of ether oxygens (including phenoxy) is 1. The van der Waals surface area contributed by atoms with Gasteiger partial charge in [0.2, 0.25) is 0 Å². The molecule has 0 bridgehead atoms. The first-order valence-electron chi connectivity index (χ1n) is 6.82. The minimum absolute atomic E-state index is 0.261. The van der Waals surface area contributed by atoms with E-state index in [4.69, 9.17) is 15.6 Å². The smallest absolute Gasteiger partial charge is 0.419 e. The van der Waals surface area contributed by atoms with Crippen LogP contribution in [0.5, 0.6) is 5.75 Å². The molecular weight excluding hydrogens is 331 g/mol. The van der Waals surface area contributed by atoms with Crippen LogP contribution in [0.3, 0.4) is 0 Å². The zero-order valence-corrected chi connectivity index (χ0v) is 13.7. The maximum atomic E-state index is 13.0. The van der Waals surface area contributed by atoms with Crippen molar-refractivity contribution in [3.63, 3.8) is 0 Å². The summed E-state index contributed by atoms with van der Waals surface area (Å²) < 4.78 is 43.6. The molecule has 1 unspecified atom stereocenters. The van der Waals surface area contributed by atoms with E-state index in [1.165, 1.54) is 19.2 Å². The molecule has 1 heterocycles. The highest BCUT2D eigenvalue weighted by molar-refractivity contribution is 7.14. The maximum Gasteiger partial charge on any atom is 0.419 e. The zero-order chi connectivity index (χ0) is 17.6. The molecule has 0 spiro atoms. The molecule has 0 aliphatic heterocycles. The van der Waals surface area contributed by atoms with Gasteiger partial charge in [0.25, 0.3) is 0 Å². The van der Waals surface area contributed by atoms with Gasteiger partial charge in [0.1, 0.15) is 15.8 Å². The minimum atomic E-state index is -4.53. The topological polar surface area (TPSA) is 81.3 Å². The number of hydrogen-bond donors (Lipinski definition) is 2. The number of nitrogens with two attached hydrogens (primary N) is 1. The fourth-order valence-corrected chi connectivity index (χ4v) is 2.47. The van der Waals surface area contributed by atoms with Crippen molar-refractivity contribution in [2.75, 3.05) is 13.7 Å². The highest BCUT2D eigenvalue weighted by Crippen LogP contribution is 2.39. The van der Waals surface area contributed by atoms with Crippen molar-refractivity contribution in [2.45, 2.75) is 26.1 Å². The van der Waals surface area contributed by atoms with Gasteiger partial charge in [-0.25, -0.2) is 0 Å². The van der Waals surface area contributed by atoms with Crippen molar-refractivity contribution in [2.24, 2.45) is 5.73 Å². The fraction of sp³-hybridized carbons (Fsp3) is 0.429. The summed E-state index contributed by atoms with van der Waals surface area (Å²) in [4.78, 5) is 0. The Labute approximate surface area is 135 Å². The maximum absolute atomic E-state index is 13.0. The Morgan fingerprint density at radius 3 is 2.48 bits per heavy atom. The monoisotopic (exact) mass is 349 g/mol. The molecule has 3 N–H and O–H groups in total. The van der Waals surface area contributed by atoms with Crippen molar-refractivity contribution in [3.05, 3.63) is 28.8 Å². The molecule has 0 aliphatic carbocycles. The summed E-state index contributed by atoms with van der Waals surface area (Å²) in [6.45, 7) is 3.69. The van der Waals surface area contributed by atoms with Gasteiger partial charge < -0.3 is 15.6 Å². The lowest BCUT2D eigenvalue weighted by Gasteiger charge is -2.12. The fourth-order valence-electron chi connectivity index (χ4n) is 1.64. The van der Waals surface area contributed by atoms with Gasteiger partial charge in [0, 0.05) is 5.56 Å². The third-order valence-corrected chi connectivity index (χ3v) is 3.81. The highest BCUT2D eigenvalue weighted by atomic mass is 32.1. The van der Waals surface area contributed by atoms with E-state index in [0.717, 1.165) is 17.4 Å². The second-order valence-corrected chi connectivity index (χ2v) is 5.16. The minimum Gasteiger partial charge on any atom is -0.496 e. The van der Waals surface area contributed by atoms with Crippen molar-refractivity contribution in [1.29, 1.82) is 0 Å². The molecule has 2 aromatic rings. The molecule has 0 radical (unpaired) electrons. The highest BCUT2D eigenvalue weighted by Gasteiger charge is 2.34. The molecule has 128 valence electrons. The molecule has 0 saturated carbocycles. The van der Waals surface area contributed by atoms with E-state index >= 15 is 0 Å². The normalized spacial score (nSPS) is 12.3. The molecule has 0 amide bonds. The van der Waals surface area contributed by atoms with Crippen LogP contribution < -0.4 is 10.5 Å². The molecule has 23 heavy (non-hydrogen) atoms. The Morgan fingerprint density at radius 2 is 1.96 bits per heavy atom. The predicted octanol–water partition coefficient (Wildman–Crippen LogP) is 3.25. The number of aromatic nitrogens is 2. The van der Waals surface area contributed by atoms with Crippen molar-refractivity contribution in [3.8, 4) is 16.3 Å². The summed E-state index contributed by atoms with van der Waals surface area (Å²) >= 11 is 1.04. The molecule has 0 fully saturated rings. The molecule has 9 heteroatoms. The second-order valence-electron chi connectivity index (χ2n) is 4.15. The Kier molecular flexibility index (Phi) is 6.92. The molecule has 1 atom stereocenters. The number of methoxy groups -OCH3 is 1. The van der Waals surface area contributed by atoms with Crippen LogP contribution >= 0.6 is 11.3 Å². The second kappa shape index (κ2) is 8.23. The first-order valence-corrected chi connectivity index (χ1v) is 7.64. The number of hydrogen-bond acceptors (Lipinski definition) is 6. The summed E-state index contributed by atoms with van der Waals surface area (Å²) in [6.07, 6.45) is -4.53. The van der Waals surface area contributed by atoms with Crippen molar-refractivity contribution in [1.82, 2.24) is 10.2 Å². The van der Waals surface area contributed by atoms with Crippen molar-refractivity contribution < 1.29 is 23.0 Å². The van der Waals surface area contributed by atoms with Crippen LogP contribution in [-0.2, 0) is 6.18 Å². The standard InChI is InChI=1S/C12H12F3N3O2S.C2H6/c1-20-9-3-2-6(4-7(9)12(13,14)15)10-17-18-11(21-10)8(16)5-19;1-2/h2-4,8,19H,5,16H2,1H3;1-2H3. The molecule has 0 aliphatic rings. The van der Waals surface area contributed by atoms with Gasteiger partial charge in [-0.3, -0.25) is 0 Å². The SMILES string of the molecule is CC.COc1ccc(-c2nnc(C(N)CO)s2)cc1C(F)(F)F. The largest absolute Gasteiger partial charge is 0.496 e.